The molecule has 2 heterocycles. The van der Waals surface area contributed by atoms with E-state index in [0.29, 0.717) is 24.5 Å². The zero-order valence-electron chi connectivity index (χ0n) is 10.1. The fourth-order valence-corrected chi connectivity index (χ4v) is 2.13. The van der Waals surface area contributed by atoms with Crippen molar-refractivity contribution in [2.45, 2.75) is 6.92 Å². The molecule has 0 saturated carbocycles. The topological polar surface area (TPSA) is 42.7 Å². The second kappa shape index (κ2) is 4.22. The minimum atomic E-state index is -0.0444. The summed E-state index contributed by atoms with van der Waals surface area (Å²) >= 11 is 0. The monoisotopic (exact) mass is 243 g/mol. The maximum absolute atomic E-state index is 12.5. The van der Waals surface area contributed by atoms with Crippen LogP contribution in [0.3, 0.4) is 0 Å². The number of para-hydroxylation sites is 2. The first-order valence-corrected chi connectivity index (χ1v) is 5.85. The van der Waals surface area contributed by atoms with Crippen LogP contribution in [0.1, 0.15) is 16.1 Å². The van der Waals surface area contributed by atoms with Crippen molar-refractivity contribution in [3.8, 4) is 5.75 Å². The van der Waals surface area contributed by atoms with Gasteiger partial charge < -0.3 is 14.1 Å². The number of ether oxygens (including phenoxy) is 1. The summed E-state index contributed by atoms with van der Waals surface area (Å²) in [6.07, 6.45) is 1.54. The van der Waals surface area contributed by atoms with E-state index in [-0.39, 0.29) is 5.91 Å². The summed E-state index contributed by atoms with van der Waals surface area (Å²) in [5.74, 6) is 1.35. The van der Waals surface area contributed by atoms with Gasteiger partial charge in [-0.3, -0.25) is 4.79 Å². The molecule has 4 heteroatoms. The lowest BCUT2D eigenvalue weighted by atomic mass is 10.2. The van der Waals surface area contributed by atoms with Crippen LogP contribution >= 0.6 is 0 Å². The summed E-state index contributed by atoms with van der Waals surface area (Å²) in [4.78, 5) is 14.2. The van der Waals surface area contributed by atoms with Crippen molar-refractivity contribution >= 4 is 11.6 Å². The lowest BCUT2D eigenvalue weighted by Gasteiger charge is -2.29. The summed E-state index contributed by atoms with van der Waals surface area (Å²) in [7, 11) is 0. The number of furan rings is 1. The van der Waals surface area contributed by atoms with Crippen molar-refractivity contribution in [3.05, 3.63) is 47.9 Å². The highest BCUT2D eigenvalue weighted by Gasteiger charge is 2.26. The minimum Gasteiger partial charge on any atom is -0.490 e. The SMILES string of the molecule is Cc1occc1C(=O)N1CCOc2ccccc21. The van der Waals surface area contributed by atoms with E-state index < -0.39 is 0 Å². The summed E-state index contributed by atoms with van der Waals surface area (Å²) in [6, 6.07) is 9.26. The van der Waals surface area contributed by atoms with Crippen LogP contribution in [0.25, 0.3) is 0 Å². The molecule has 0 spiro atoms. The van der Waals surface area contributed by atoms with E-state index in [1.807, 2.05) is 24.3 Å². The number of carbonyl (C=O) groups is 1. The molecule has 1 amide bonds. The molecule has 0 N–H and O–H groups in total. The normalized spacial score (nSPS) is 13.9. The maximum atomic E-state index is 12.5. The van der Waals surface area contributed by atoms with Crippen molar-refractivity contribution in [2.24, 2.45) is 0 Å². The van der Waals surface area contributed by atoms with E-state index in [9.17, 15) is 4.79 Å². The number of hydrogen-bond donors (Lipinski definition) is 0. The van der Waals surface area contributed by atoms with E-state index in [4.69, 9.17) is 9.15 Å². The van der Waals surface area contributed by atoms with Crippen LogP contribution in [-0.2, 0) is 0 Å². The van der Waals surface area contributed by atoms with Gasteiger partial charge in [0.1, 0.15) is 18.1 Å². The average molecular weight is 243 g/mol. The van der Waals surface area contributed by atoms with Gasteiger partial charge >= 0.3 is 0 Å². The molecule has 0 radical (unpaired) electrons. The van der Waals surface area contributed by atoms with Crippen LogP contribution in [0.4, 0.5) is 5.69 Å². The predicted molar refractivity (Wildman–Crippen MR) is 67.1 cm³/mol. The fraction of sp³-hybridized carbons (Fsp3) is 0.214. The molecule has 1 aromatic heterocycles. The molecule has 1 aliphatic heterocycles. The second-order valence-electron chi connectivity index (χ2n) is 4.16. The van der Waals surface area contributed by atoms with Gasteiger partial charge in [0.05, 0.1) is 24.1 Å². The van der Waals surface area contributed by atoms with Crippen molar-refractivity contribution in [1.82, 2.24) is 0 Å². The van der Waals surface area contributed by atoms with Crippen molar-refractivity contribution in [1.29, 1.82) is 0 Å². The first kappa shape index (κ1) is 10.9. The minimum absolute atomic E-state index is 0.0444. The van der Waals surface area contributed by atoms with Gasteiger partial charge in [-0.2, -0.15) is 0 Å². The molecule has 0 fully saturated rings. The van der Waals surface area contributed by atoms with E-state index in [2.05, 4.69) is 0 Å². The second-order valence-corrected chi connectivity index (χ2v) is 4.16. The van der Waals surface area contributed by atoms with Gasteiger partial charge in [-0.1, -0.05) is 12.1 Å². The van der Waals surface area contributed by atoms with E-state index >= 15 is 0 Å². The zero-order chi connectivity index (χ0) is 12.5. The van der Waals surface area contributed by atoms with E-state index in [1.165, 1.54) is 6.26 Å². The lowest BCUT2D eigenvalue weighted by molar-refractivity contribution is 0.0975. The molecule has 0 aliphatic carbocycles. The van der Waals surface area contributed by atoms with Crippen molar-refractivity contribution in [3.63, 3.8) is 0 Å². The molecule has 0 atom stereocenters. The third kappa shape index (κ3) is 1.66. The molecule has 92 valence electrons. The van der Waals surface area contributed by atoms with Gasteiger partial charge in [-0.15, -0.1) is 0 Å². The van der Waals surface area contributed by atoms with Gasteiger partial charge in [0.2, 0.25) is 0 Å². The smallest absolute Gasteiger partial charge is 0.262 e. The molecular weight excluding hydrogens is 230 g/mol. The highest BCUT2D eigenvalue weighted by Crippen LogP contribution is 2.32. The Morgan fingerprint density at radius 3 is 2.89 bits per heavy atom. The lowest BCUT2D eigenvalue weighted by Crippen LogP contribution is -2.38. The number of rotatable bonds is 1. The van der Waals surface area contributed by atoms with Crippen LogP contribution in [0.2, 0.25) is 0 Å². The van der Waals surface area contributed by atoms with Crippen LogP contribution in [0.5, 0.6) is 5.75 Å². The maximum Gasteiger partial charge on any atom is 0.262 e. The number of carbonyl (C=O) groups excluding carboxylic acids is 1. The van der Waals surface area contributed by atoms with Crippen LogP contribution in [-0.4, -0.2) is 19.1 Å². The summed E-state index contributed by atoms with van der Waals surface area (Å²) in [5.41, 5.74) is 1.42. The molecule has 0 saturated heterocycles. The number of fused-ring (bicyclic) bond motifs is 1. The Kier molecular flexibility index (Phi) is 2.55. The summed E-state index contributed by atoms with van der Waals surface area (Å²) in [5, 5.41) is 0. The summed E-state index contributed by atoms with van der Waals surface area (Å²) < 4.78 is 10.7. The number of benzene rings is 1. The van der Waals surface area contributed by atoms with Crippen molar-refractivity contribution in [2.75, 3.05) is 18.1 Å². The third-order valence-electron chi connectivity index (χ3n) is 3.06. The molecule has 4 nitrogen and oxygen atoms in total. The Morgan fingerprint density at radius 2 is 2.11 bits per heavy atom. The zero-order valence-corrected chi connectivity index (χ0v) is 10.1. The van der Waals surface area contributed by atoms with Gasteiger partial charge in [-0.05, 0) is 25.1 Å². The molecule has 18 heavy (non-hydrogen) atoms. The first-order chi connectivity index (χ1) is 8.77. The first-order valence-electron chi connectivity index (χ1n) is 5.85. The molecule has 0 unspecified atom stereocenters. The molecule has 0 bridgehead atoms. The Bertz CT molecular complexity index is 588. The molecular formula is C14H13NO3. The number of anilines is 1. The highest BCUT2D eigenvalue weighted by atomic mass is 16.5. The van der Waals surface area contributed by atoms with Crippen LogP contribution in [0, 0.1) is 6.92 Å². The highest BCUT2D eigenvalue weighted by molar-refractivity contribution is 6.07. The molecule has 1 aromatic carbocycles. The summed E-state index contributed by atoms with van der Waals surface area (Å²) in [6.45, 7) is 2.86. The Labute approximate surface area is 105 Å². The van der Waals surface area contributed by atoms with Crippen LogP contribution < -0.4 is 9.64 Å². The number of nitrogens with zero attached hydrogens (tertiary/aromatic N) is 1. The number of amides is 1. The van der Waals surface area contributed by atoms with Gasteiger partial charge in [0.15, 0.2) is 0 Å². The molecule has 3 rings (SSSR count). The number of hydrogen-bond acceptors (Lipinski definition) is 3. The van der Waals surface area contributed by atoms with E-state index in [0.717, 1.165) is 11.4 Å². The Hall–Kier alpha value is -2.23. The van der Waals surface area contributed by atoms with Crippen LogP contribution in [0.15, 0.2) is 41.0 Å². The van der Waals surface area contributed by atoms with E-state index in [1.54, 1.807) is 17.9 Å². The van der Waals surface area contributed by atoms with Crippen molar-refractivity contribution < 1.29 is 13.9 Å². The van der Waals surface area contributed by atoms with Gasteiger partial charge in [0.25, 0.3) is 5.91 Å². The average Bonchev–Trinajstić information content (AvgIpc) is 2.83. The Balaban J connectivity index is 2.00. The Morgan fingerprint density at radius 1 is 1.28 bits per heavy atom. The standard InChI is InChI=1S/C14H13NO3/c1-10-11(6-8-17-10)14(16)15-7-9-18-13-5-3-2-4-12(13)15/h2-6,8H,7,9H2,1H3. The quantitative estimate of drug-likeness (QED) is 0.773. The number of aryl methyl sites for hydroxylation is 1. The molecule has 2 aromatic rings. The third-order valence-corrected chi connectivity index (χ3v) is 3.06. The largest absolute Gasteiger partial charge is 0.490 e. The predicted octanol–water partition coefficient (Wildman–Crippen LogP) is 2.63. The van der Waals surface area contributed by atoms with Gasteiger partial charge in [0, 0.05) is 0 Å². The fourth-order valence-electron chi connectivity index (χ4n) is 2.13. The molecule has 1 aliphatic rings. The van der Waals surface area contributed by atoms with Gasteiger partial charge in [-0.25, -0.2) is 0 Å².